The predicted molar refractivity (Wildman–Crippen MR) is 123 cm³/mol. The van der Waals surface area contributed by atoms with E-state index in [-0.39, 0.29) is 5.91 Å². The van der Waals surface area contributed by atoms with Gasteiger partial charge in [-0.1, -0.05) is 36.4 Å². The number of hydrogen-bond acceptors (Lipinski definition) is 4. The molecule has 2 heterocycles. The van der Waals surface area contributed by atoms with E-state index >= 15 is 0 Å². The van der Waals surface area contributed by atoms with Crippen molar-refractivity contribution in [1.82, 2.24) is 4.90 Å². The molecule has 0 saturated carbocycles. The van der Waals surface area contributed by atoms with Gasteiger partial charge in [0.25, 0.3) is 0 Å². The summed E-state index contributed by atoms with van der Waals surface area (Å²) in [5.74, 6) is 0.724. The van der Waals surface area contributed by atoms with Gasteiger partial charge in [0.15, 0.2) is 0 Å². The fourth-order valence-corrected chi connectivity index (χ4v) is 4.87. The lowest BCUT2D eigenvalue weighted by Gasteiger charge is -2.24. The van der Waals surface area contributed by atoms with Crippen LogP contribution in [0, 0.1) is 11.3 Å². The van der Waals surface area contributed by atoms with Crippen LogP contribution < -0.4 is 10.6 Å². The first kappa shape index (κ1) is 20.2. The van der Waals surface area contributed by atoms with Crippen molar-refractivity contribution in [2.45, 2.75) is 32.2 Å². The van der Waals surface area contributed by atoms with Crippen molar-refractivity contribution in [3.8, 4) is 0 Å². The van der Waals surface area contributed by atoms with E-state index in [0.717, 1.165) is 49.2 Å². The van der Waals surface area contributed by atoms with E-state index in [9.17, 15) is 4.79 Å². The quantitative estimate of drug-likeness (QED) is 0.727. The van der Waals surface area contributed by atoms with Gasteiger partial charge in [-0.25, -0.2) is 0 Å². The highest BCUT2D eigenvalue weighted by Gasteiger charge is 2.34. The number of benzene rings is 2. The molecule has 0 aromatic heterocycles. The number of hydrogen-bond donors (Lipinski definition) is 2. The number of carbonyl (C=O) groups is 1. The molecule has 2 aromatic rings. The van der Waals surface area contributed by atoms with Crippen LogP contribution in [0.5, 0.6) is 0 Å². The number of carbonyl (C=O) groups excluding carboxylic acids is 1. The van der Waals surface area contributed by atoms with Gasteiger partial charge in [-0.3, -0.25) is 4.79 Å². The number of nitrogens with one attached hydrogen (secondary N) is 1. The Morgan fingerprint density at radius 2 is 2.03 bits per heavy atom. The van der Waals surface area contributed by atoms with Crippen LogP contribution in [0.3, 0.4) is 0 Å². The number of rotatable bonds is 6. The minimum Gasteiger partial charge on any atom is -0.404 e. The summed E-state index contributed by atoms with van der Waals surface area (Å²) in [6, 6.07) is 16.7. The summed E-state index contributed by atoms with van der Waals surface area (Å²) in [7, 11) is 0. The Bertz CT molecular complexity index is 953. The van der Waals surface area contributed by atoms with E-state index in [1.54, 1.807) is 0 Å². The normalized spacial score (nSPS) is 21.0. The van der Waals surface area contributed by atoms with Crippen LogP contribution in [0.25, 0.3) is 5.57 Å². The molecule has 3 N–H and O–H groups in total. The lowest BCUT2D eigenvalue weighted by Crippen LogP contribution is -2.36. The van der Waals surface area contributed by atoms with Crippen LogP contribution in [0.15, 0.2) is 54.7 Å². The number of amides is 1. The molecule has 5 nitrogen and oxygen atoms in total. The smallest absolute Gasteiger partial charge is 0.227 e. The molecule has 2 atom stereocenters. The molecule has 1 fully saturated rings. The average molecular weight is 403 g/mol. The number of anilines is 1. The molecule has 2 aliphatic heterocycles. The predicted octanol–water partition coefficient (Wildman–Crippen LogP) is 3.48. The lowest BCUT2D eigenvalue weighted by molar-refractivity contribution is -0.131. The van der Waals surface area contributed by atoms with Crippen LogP contribution in [-0.4, -0.2) is 42.7 Å². The fraction of sp³-hybridized carbons (Fsp3) is 0.360. The topological polar surface area (TPSA) is 73.4 Å². The van der Waals surface area contributed by atoms with Crippen molar-refractivity contribution in [1.29, 1.82) is 5.41 Å². The highest BCUT2D eigenvalue weighted by Crippen LogP contribution is 2.33. The third kappa shape index (κ3) is 4.11. The molecule has 0 radical (unpaired) electrons. The van der Waals surface area contributed by atoms with Crippen molar-refractivity contribution >= 4 is 23.4 Å². The maximum absolute atomic E-state index is 12.8. The molecule has 5 heteroatoms. The molecule has 0 spiro atoms. The average Bonchev–Trinajstić information content (AvgIpc) is 3.33. The number of allylic oxidation sites excluding steroid dienone is 1. The number of fused-ring (bicyclic) bond motifs is 1. The first-order valence-corrected chi connectivity index (χ1v) is 10.7. The second-order valence-corrected chi connectivity index (χ2v) is 8.47. The standard InChI is InChI=1S/C25H30N4O/c1-18-11-20(17-29(18)25(30)12-19-5-3-2-4-6-19)16-28-10-9-22-13-21(7-8-24(22)28)23(14-26)15-27/h2-8,13-15,18,20,26H,9-12,16-17,27H2,1H3/b23-15+,26-14?. The third-order valence-corrected chi connectivity index (χ3v) is 6.40. The van der Waals surface area contributed by atoms with Gasteiger partial charge in [0.2, 0.25) is 5.91 Å². The first-order chi connectivity index (χ1) is 14.6. The summed E-state index contributed by atoms with van der Waals surface area (Å²) >= 11 is 0. The van der Waals surface area contributed by atoms with E-state index in [0.29, 0.717) is 18.4 Å². The van der Waals surface area contributed by atoms with Crippen molar-refractivity contribution in [2.75, 3.05) is 24.5 Å². The van der Waals surface area contributed by atoms with Crippen molar-refractivity contribution < 1.29 is 4.79 Å². The van der Waals surface area contributed by atoms with Crippen LogP contribution in [0.4, 0.5) is 5.69 Å². The summed E-state index contributed by atoms with van der Waals surface area (Å²) < 4.78 is 0. The second-order valence-electron chi connectivity index (χ2n) is 8.47. The fourth-order valence-electron chi connectivity index (χ4n) is 4.87. The number of nitrogens with zero attached hydrogens (tertiary/aromatic N) is 2. The van der Waals surface area contributed by atoms with E-state index in [2.05, 4.69) is 28.9 Å². The Morgan fingerprint density at radius 1 is 1.23 bits per heavy atom. The molecule has 1 amide bonds. The molecule has 2 aliphatic rings. The van der Waals surface area contributed by atoms with Gasteiger partial charge >= 0.3 is 0 Å². The van der Waals surface area contributed by atoms with Gasteiger partial charge in [-0.2, -0.15) is 0 Å². The van der Waals surface area contributed by atoms with Crippen LogP contribution in [-0.2, 0) is 17.6 Å². The van der Waals surface area contributed by atoms with Gasteiger partial charge in [0.1, 0.15) is 0 Å². The van der Waals surface area contributed by atoms with E-state index in [4.69, 9.17) is 11.1 Å². The van der Waals surface area contributed by atoms with Gasteiger partial charge in [-0.05, 0) is 54.5 Å². The number of likely N-dealkylation sites (tertiary alicyclic amines) is 1. The molecule has 0 bridgehead atoms. The van der Waals surface area contributed by atoms with Gasteiger partial charge in [-0.15, -0.1) is 0 Å². The van der Waals surface area contributed by atoms with E-state index in [1.165, 1.54) is 23.7 Å². The molecule has 0 aliphatic carbocycles. The first-order valence-electron chi connectivity index (χ1n) is 10.7. The molecule has 2 aromatic carbocycles. The maximum Gasteiger partial charge on any atom is 0.227 e. The molecule has 4 rings (SSSR count). The van der Waals surface area contributed by atoms with Crippen LogP contribution in [0.2, 0.25) is 0 Å². The van der Waals surface area contributed by atoms with Crippen molar-refractivity contribution in [3.05, 3.63) is 71.4 Å². The largest absolute Gasteiger partial charge is 0.404 e. The van der Waals surface area contributed by atoms with Crippen molar-refractivity contribution in [3.63, 3.8) is 0 Å². The Hall–Kier alpha value is -3.08. The molecule has 30 heavy (non-hydrogen) atoms. The molecular weight excluding hydrogens is 372 g/mol. The zero-order valence-corrected chi connectivity index (χ0v) is 17.6. The zero-order valence-electron chi connectivity index (χ0n) is 17.6. The Labute approximate surface area is 178 Å². The zero-order chi connectivity index (χ0) is 21.1. The van der Waals surface area contributed by atoms with Gasteiger partial charge in [0.05, 0.1) is 6.42 Å². The van der Waals surface area contributed by atoms with E-state index in [1.807, 2.05) is 36.4 Å². The summed E-state index contributed by atoms with van der Waals surface area (Å²) in [6.45, 7) is 5.00. The Balaban J connectivity index is 1.39. The van der Waals surface area contributed by atoms with Gasteiger partial charge in [0, 0.05) is 49.4 Å². The third-order valence-electron chi connectivity index (χ3n) is 6.40. The highest BCUT2D eigenvalue weighted by molar-refractivity contribution is 6.08. The second kappa shape index (κ2) is 8.74. The summed E-state index contributed by atoms with van der Waals surface area (Å²) in [4.78, 5) is 17.4. The van der Waals surface area contributed by atoms with Crippen LogP contribution in [0.1, 0.15) is 30.0 Å². The summed E-state index contributed by atoms with van der Waals surface area (Å²) in [5, 5.41) is 7.51. The highest BCUT2D eigenvalue weighted by atomic mass is 16.2. The summed E-state index contributed by atoms with van der Waals surface area (Å²) in [5.41, 5.74) is 11.1. The van der Waals surface area contributed by atoms with E-state index < -0.39 is 0 Å². The van der Waals surface area contributed by atoms with Gasteiger partial charge < -0.3 is 20.9 Å². The minimum absolute atomic E-state index is 0.232. The molecule has 2 unspecified atom stereocenters. The maximum atomic E-state index is 12.8. The van der Waals surface area contributed by atoms with Crippen LogP contribution >= 0.6 is 0 Å². The Kier molecular flexibility index (Phi) is 5.88. The lowest BCUT2D eigenvalue weighted by atomic mass is 10.0. The minimum atomic E-state index is 0.232. The number of nitrogens with two attached hydrogens (primary N) is 1. The molecule has 156 valence electrons. The Morgan fingerprint density at radius 3 is 2.77 bits per heavy atom. The van der Waals surface area contributed by atoms with Crippen molar-refractivity contribution in [2.24, 2.45) is 11.7 Å². The molecule has 1 saturated heterocycles. The SMILES string of the molecule is CC1CC(CN2CCc3cc(/C(C=N)=C/N)ccc32)CN1C(=O)Cc1ccccc1. The summed E-state index contributed by atoms with van der Waals surface area (Å²) in [6.07, 6.45) is 5.34. The molecular formula is C25H30N4O. The monoisotopic (exact) mass is 402 g/mol.